The number of carbonyl (C=O) groups is 2. The number of carbonyl (C=O) groups excluding carboxylic acids is 2. The molecule has 3 fully saturated rings. The Labute approximate surface area is 155 Å². The summed E-state index contributed by atoms with van der Waals surface area (Å²) in [5.41, 5.74) is 0.900. The molecule has 0 radical (unpaired) electrons. The van der Waals surface area contributed by atoms with E-state index in [2.05, 4.69) is 4.90 Å². The van der Waals surface area contributed by atoms with Crippen LogP contribution in [0.4, 0.5) is 5.69 Å². The lowest BCUT2D eigenvalue weighted by atomic mass is 9.98. The van der Waals surface area contributed by atoms with Crippen molar-refractivity contribution in [1.82, 2.24) is 9.80 Å². The molecule has 5 heteroatoms. The van der Waals surface area contributed by atoms with Crippen LogP contribution < -0.4 is 4.90 Å². The van der Waals surface area contributed by atoms with Crippen molar-refractivity contribution in [2.75, 3.05) is 37.6 Å². The van der Waals surface area contributed by atoms with E-state index in [1.807, 2.05) is 35.2 Å². The molecule has 0 aliphatic carbocycles. The van der Waals surface area contributed by atoms with E-state index < -0.39 is 0 Å². The quantitative estimate of drug-likeness (QED) is 0.837. The first-order chi connectivity index (χ1) is 12.7. The van der Waals surface area contributed by atoms with Crippen LogP contribution in [-0.4, -0.2) is 60.4 Å². The predicted octanol–water partition coefficient (Wildman–Crippen LogP) is 2.52. The van der Waals surface area contributed by atoms with Crippen molar-refractivity contribution < 1.29 is 9.59 Å². The van der Waals surface area contributed by atoms with Gasteiger partial charge in [-0.15, -0.1) is 0 Å². The second kappa shape index (κ2) is 7.78. The summed E-state index contributed by atoms with van der Waals surface area (Å²) in [5, 5.41) is 0. The summed E-state index contributed by atoms with van der Waals surface area (Å²) in [5.74, 6) is 0.0564. The average Bonchev–Trinajstić information content (AvgIpc) is 3.10. The van der Waals surface area contributed by atoms with Crippen LogP contribution in [0.15, 0.2) is 30.3 Å². The lowest BCUT2D eigenvalue weighted by Gasteiger charge is -2.40. The molecule has 2 amide bonds. The maximum Gasteiger partial charge on any atom is 0.228 e. The number of rotatable bonds is 3. The molecule has 3 saturated heterocycles. The van der Waals surface area contributed by atoms with E-state index in [1.54, 1.807) is 4.90 Å². The Kier molecular flexibility index (Phi) is 5.25. The van der Waals surface area contributed by atoms with Crippen molar-refractivity contribution in [2.45, 2.75) is 44.6 Å². The number of anilines is 1. The zero-order valence-electron chi connectivity index (χ0n) is 15.5. The van der Waals surface area contributed by atoms with Gasteiger partial charge in [0.15, 0.2) is 0 Å². The summed E-state index contributed by atoms with van der Waals surface area (Å²) >= 11 is 0. The van der Waals surface area contributed by atoms with Gasteiger partial charge in [-0.1, -0.05) is 24.6 Å². The molecule has 0 N–H and O–H groups in total. The molecule has 26 heavy (non-hydrogen) atoms. The van der Waals surface area contributed by atoms with E-state index in [-0.39, 0.29) is 17.7 Å². The third-order valence-electron chi connectivity index (χ3n) is 6.23. The van der Waals surface area contributed by atoms with Crippen LogP contribution in [0.25, 0.3) is 0 Å². The summed E-state index contributed by atoms with van der Waals surface area (Å²) in [7, 11) is 0. The van der Waals surface area contributed by atoms with Gasteiger partial charge in [-0.2, -0.15) is 0 Å². The molecule has 0 bridgehead atoms. The molecule has 5 nitrogen and oxygen atoms in total. The Bertz CT molecular complexity index is 634. The van der Waals surface area contributed by atoms with Crippen molar-refractivity contribution >= 4 is 17.5 Å². The van der Waals surface area contributed by atoms with Gasteiger partial charge < -0.3 is 14.7 Å². The predicted molar refractivity (Wildman–Crippen MR) is 102 cm³/mol. The molecule has 4 rings (SSSR count). The van der Waals surface area contributed by atoms with Crippen LogP contribution in [0, 0.1) is 5.92 Å². The lowest BCUT2D eigenvalue weighted by Crippen LogP contribution is -2.49. The molecule has 0 aromatic heterocycles. The SMILES string of the molecule is O=C(C1CC(=O)N(c2ccccc2)C1)N1CCC(N2CCCCC2)CC1. The van der Waals surface area contributed by atoms with Crippen LogP contribution in [0.3, 0.4) is 0 Å². The zero-order chi connectivity index (χ0) is 17.9. The molecule has 3 aliphatic heterocycles. The fourth-order valence-corrected chi connectivity index (χ4v) is 4.72. The number of amides is 2. The van der Waals surface area contributed by atoms with Crippen LogP contribution >= 0.6 is 0 Å². The van der Waals surface area contributed by atoms with Gasteiger partial charge in [0, 0.05) is 37.8 Å². The summed E-state index contributed by atoms with van der Waals surface area (Å²) in [6, 6.07) is 10.3. The molecular weight excluding hydrogens is 326 g/mol. The number of piperidine rings is 2. The van der Waals surface area contributed by atoms with Crippen molar-refractivity contribution in [3.63, 3.8) is 0 Å². The van der Waals surface area contributed by atoms with E-state index >= 15 is 0 Å². The maximum absolute atomic E-state index is 12.9. The first kappa shape index (κ1) is 17.5. The fourth-order valence-electron chi connectivity index (χ4n) is 4.72. The summed E-state index contributed by atoms with van der Waals surface area (Å²) < 4.78 is 0. The molecule has 1 aromatic rings. The Morgan fingerprint density at radius 1 is 0.923 bits per heavy atom. The molecule has 0 spiro atoms. The van der Waals surface area contributed by atoms with Crippen LogP contribution in [-0.2, 0) is 9.59 Å². The van der Waals surface area contributed by atoms with Crippen LogP contribution in [0.5, 0.6) is 0 Å². The number of nitrogens with zero attached hydrogens (tertiary/aromatic N) is 3. The van der Waals surface area contributed by atoms with Gasteiger partial charge in [0.05, 0.1) is 5.92 Å². The molecule has 1 atom stereocenters. The highest BCUT2D eigenvalue weighted by Gasteiger charge is 2.38. The van der Waals surface area contributed by atoms with Crippen molar-refractivity contribution in [3.8, 4) is 0 Å². The van der Waals surface area contributed by atoms with E-state index in [4.69, 9.17) is 0 Å². The largest absolute Gasteiger partial charge is 0.342 e. The van der Waals surface area contributed by atoms with E-state index in [1.165, 1.54) is 32.4 Å². The number of hydrogen-bond donors (Lipinski definition) is 0. The highest BCUT2D eigenvalue weighted by atomic mass is 16.2. The molecule has 1 unspecified atom stereocenters. The topological polar surface area (TPSA) is 43.9 Å². The van der Waals surface area contributed by atoms with E-state index in [0.717, 1.165) is 31.6 Å². The zero-order valence-corrected chi connectivity index (χ0v) is 15.5. The highest BCUT2D eigenvalue weighted by Crippen LogP contribution is 2.28. The Balaban J connectivity index is 1.32. The first-order valence-corrected chi connectivity index (χ1v) is 10.1. The monoisotopic (exact) mass is 355 g/mol. The van der Waals surface area contributed by atoms with Gasteiger partial charge >= 0.3 is 0 Å². The van der Waals surface area contributed by atoms with E-state index in [0.29, 0.717) is 19.0 Å². The average molecular weight is 355 g/mol. The number of benzene rings is 1. The first-order valence-electron chi connectivity index (χ1n) is 10.1. The van der Waals surface area contributed by atoms with Gasteiger partial charge in [-0.25, -0.2) is 0 Å². The summed E-state index contributed by atoms with van der Waals surface area (Å²) in [6.07, 6.45) is 6.50. The van der Waals surface area contributed by atoms with Crippen molar-refractivity contribution in [2.24, 2.45) is 5.92 Å². The minimum atomic E-state index is -0.186. The molecule has 1 aromatic carbocycles. The molecule has 3 aliphatic rings. The summed E-state index contributed by atoms with van der Waals surface area (Å²) in [6.45, 7) is 4.66. The number of para-hydroxylation sites is 1. The van der Waals surface area contributed by atoms with Crippen molar-refractivity contribution in [1.29, 1.82) is 0 Å². The standard InChI is InChI=1S/C21H29N3O2/c25-20-15-17(16-24(20)19-7-3-1-4-8-19)21(26)23-13-9-18(10-14-23)22-11-5-2-6-12-22/h1,3-4,7-8,17-18H,2,5-6,9-16H2. The Morgan fingerprint density at radius 3 is 2.31 bits per heavy atom. The van der Waals surface area contributed by atoms with Gasteiger partial charge in [-0.05, 0) is 50.9 Å². The van der Waals surface area contributed by atoms with E-state index in [9.17, 15) is 9.59 Å². The van der Waals surface area contributed by atoms with Crippen LogP contribution in [0.2, 0.25) is 0 Å². The normalized spacial score (nSPS) is 25.7. The Morgan fingerprint density at radius 2 is 1.62 bits per heavy atom. The van der Waals surface area contributed by atoms with Crippen molar-refractivity contribution in [3.05, 3.63) is 30.3 Å². The third kappa shape index (κ3) is 3.63. The minimum absolute atomic E-state index is 0.0674. The number of likely N-dealkylation sites (tertiary alicyclic amines) is 2. The van der Waals surface area contributed by atoms with Gasteiger partial charge in [-0.3, -0.25) is 9.59 Å². The second-order valence-corrected chi connectivity index (χ2v) is 7.89. The highest BCUT2D eigenvalue weighted by molar-refractivity contribution is 6.00. The lowest BCUT2D eigenvalue weighted by molar-refractivity contribution is -0.137. The third-order valence-corrected chi connectivity index (χ3v) is 6.23. The molecule has 3 heterocycles. The molecular formula is C21H29N3O2. The maximum atomic E-state index is 12.9. The fraction of sp³-hybridized carbons (Fsp3) is 0.619. The van der Waals surface area contributed by atoms with Gasteiger partial charge in [0.25, 0.3) is 0 Å². The molecule has 140 valence electrons. The summed E-state index contributed by atoms with van der Waals surface area (Å²) in [4.78, 5) is 31.7. The Hall–Kier alpha value is -1.88. The number of hydrogen-bond acceptors (Lipinski definition) is 3. The second-order valence-electron chi connectivity index (χ2n) is 7.89. The minimum Gasteiger partial charge on any atom is -0.342 e. The smallest absolute Gasteiger partial charge is 0.228 e. The van der Waals surface area contributed by atoms with Gasteiger partial charge in [0.1, 0.15) is 0 Å². The molecule has 0 saturated carbocycles. The van der Waals surface area contributed by atoms with Crippen LogP contribution in [0.1, 0.15) is 38.5 Å². The van der Waals surface area contributed by atoms with Gasteiger partial charge in [0.2, 0.25) is 11.8 Å².